The van der Waals surface area contributed by atoms with Crippen molar-refractivity contribution >= 4 is 0 Å². The first-order valence-electron chi connectivity index (χ1n) is 3.80. The Labute approximate surface area is 79.5 Å². The predicted octanol–water partition coefficient (Wildman–Crippen LogP) is 0.449. The van der Waals surface area contributed by atoms with E-state index in [0.29, 0.717) is 0 Å². The number of hydrogen-bond donors (Lipinski definition) is 3. The summed E-state index contributed by atoms with van der Waals surface area (Å²) in [5.41, 5.74) is -0.0449. The number of nitrogens with zero attached hydrogens (tertiary/aromatic N) is 1. The predicted molar refractivity (Wildman–Crippen MR) is 44.6 cm³/mol. The summed E-state index contributed by atoms with van der Waals surface area (Å²) in [6, 6.07) is 4.27. The summed E-state index contributed by atoms with van der Waals surface area (Å²) in [5, 5.41) is 35.5. The minimum atomic E-state index is -1.64. The summed E-state index contributed by atoms with van der Waals surface area (Å²) >= 11 is 0. The third-order valence-corrected chi connectivity index (χ3v) is 1.68. The van der Waals surface area contributed by atoms with Crippen molar-refractivity contribution in [2.45, 2.75) is 12.2 Å². The molecular formula is C9H8FNO3. The van der Waals surface area contributed by atoms with Crippen LogP contribution in [0.4, 0.5) is 4.39 Å². The van der Waals surface area contributed by atoms with Crippen molar-refractivity contribution in [3.8, 4) is 11.8 Å². The molecule has 3 N–H and O–H groups in total. The zero-order valence-electron chi connectivity index (χ0n) is 7.05. The van der Waals surface area contributed by atoms with Gasteiger partial charge in [-0.25, -0.2) is 4.39 Å². The van der Waals surface area contributed by atoms with Crippen LogP contribution in [0.2, 0.25) is 0 Å². The summed E-state index contributed by atoms with van der Waals surface area (Å²) in [4.78, 5) is 0. The monoisotopic (exact) mass is 197 g/mol. The van der Waals surface area contributed by atoms with Gasteiger partial charge in [0.25, 0.3) is 0 Å². The van der Waals surface area contributed by atoms with E-state index < -0.39 is 18.0 Å². The molecule has 0 spiro atoms. The smallest absolute Gasteiger partial charge is 0.170 e. The van der Waals surface area contributed by atoms with E-state index >= 15 is 0 Å². The number of aromatic hydroxyl groups is 1. The number of halogens is 1. The van der Waals surface area contributed by atoms with Crippen LogP contribution < -0.4 is 0 Å². The fourth-order valence-electron chi connectivity index (χ4n) is 1.02. The molecule has 0 bridgehead atoms. The third-order valence-electron chi connectivity index (χ3n) is 1.68. The Morgan fingerprint density at radius 1 is 1.29 bits per heavy atom. The molecule has 0 aliphatic rings. The van der Waals surface area contributed by atoms with Crippen LogP contribution in [0.25, 0.3) is 0 Å². The highest BCUT2D eigenvalue weighted by Crippen LogP contribution is 2.22. The van der Waals surface area contributed by atoms with Gasteiger partial charge in [0.2, 0.25) is 0 Å². The van der Waals surface area contributed by atoms with Crippen LogP contribution >= 0.6 is 0 Å². The SMILES string of the molecule is N#CC(O)C(O)c1cc(O)cc(F)c1. The zero-order chi connectivity index (χ0) is 10.7. The minimum absolute atomic E-state index is 0.0449. The first-order chi connectivity index (χ1) is 6.54. The molecule has 2 atom stereocenters. The Bertz CT molecular complexity index is 355. The topological polar surface area (TPSA) is 84.5 Å². The van der Waals surface area contributed by atoms with Gasteiger partial charge < -0.3 is 15.3 Å². The van der Waals surface area contributed by atoms with E-state index in [-0.39, 0.29) is 11.3 Å². The Hall–Kier alpha value is -1.64. The van der Waals surface area contributed by atoms with Gasteiger partial charge in [-0.05, 0) is 17.7 Å². The molecule has 74 valence electrons. The molecule has 0 aliphatic carbocycles. The maximum atomic E-state index is 12.7. The number of phenolic OH excluding ortho intramolecular Hbond substituents is 1. The highest BCUT2D eigenvalue weighted by atomic mass is 19.1. The highest BCUT2D eigenvalue weighted by Gasteiger charge is 2.18. The number of aliphatic hydroxyl groups excluding tert-OH is 2. The lowest BCUT2D eigenvalue weighted by atomic mass is 10.0. The van der Waals surface area contributed by atoms with Crippen molar-refractivity contribution in [3.05, 3.63) is 29.6 Å². The summed E-state index contributed by atoms with van der Waals surface area (Å²) in [6.45, 7) is 0. The summed E-state index contributed by atoms with van der Waals surface area (Å²) in [6.07, 6.45) is -3.17. The van der Waals surface area contributed by atoms with Crippen LogP contribution in [-0.2, 0) is 0 Å². The molecule has 1 aromatic carbocycles. The standard InChI is InChI=1S/C9H8FNO3/c10-6-1-5(2-7(12)3-6)9(14)8(13)4-11/h1-3,8-9,12-14H. The van der Waals surface area contributed by atoms with E-state index in [1.807, 2.05) is 0 Å². The van der Waals surface area contributed by atoms with Gasteiger partial charge in [0.15, 0.2) is 6.10 Å². The number of nitriles is 1. The van der Waals surface area contributed by atoms with Crippen LogP contribution in [0.1, 0.15) is 11.7 Å². The number of aliphatic hydroxyl groups is 2. The molecule has 0 aliphatic heterocycles. The Morgan fingerprint density at radius 2 is 1.93 bits per heavy atom. The molecule has 0 saturated carbocycles. The van der Waals surface area contributed by atoms with Gasteiger partial charge in [0, 0.05) is 6.07 Å². The van der Waals surface area contributed by atoms with Crippen molar-refractivity contribution in [1.29, 1.82) is 5.26 Å². The number of benzene rings is 1. The molecule has 2 unspecified atom stereocenters. The van der Waals surface area contributed by atoms with Gasteiger partial charge in [-0.15, -0.1) is 0 Å². The normalized spacial score (nSPS) is 14.4. The van der Waals surface area contributed by atoms with Crippen LogP contribution in [-0.4, -0.2) is 21.4 Å². The van der Waals surface area contributed by atoms with Gasteiger partial charge in [-0.3, -0.25) is 0 Å². The first kappa shape index (κ1) is 10.4. The molecule has 0 saturated heterocycles. The second kappa shape index (κ2) is 4.05. The van der Waals surface area contributed by atoms with E-state index in [4.69, 9.17) is 15.5 Å². The van der Waals surface area contributed by atoms with E-state index in [9.17, 15) is 9.50 Å². The molecule has 0 radical (unpaired) electrons. The van der Waals surface area contributed by atoms with Gasteiger partial charge in [-0.1, -0.05) is 0 Å². The molecule has 0 heterocycles. The molecule has 0 amide bonds. The van der Waals surface area contributed by atoms with Crippen molar-refractivity contribution in [3.63, 3.8) is 0 Å². The second-order valence-electron chi connectivity index (χ2n) is 2.76. The molecule has 0 aromatic heterocycles. The lowest BCUT2D eigenvalue weighted by Gasteiger charge is -2.12. The van der Waals surface area contributed by atoms with Gasteiger partial charge in [-0.2, -0.15) is 5.26 Å². The maximum absolute atomic E-state index is 12.7. The fraction of sp³-hybridized carbons (Fsp3) is 0.222. The molecule has 4 nitrogen and oxygen atoms in total. The lowest BCUT2D eigenvalue weighted by Crippen LogP contribution is -2.15. The van der Waals surface area contributed by atoms with Crippen LogP contribution in [0.3, 0.4) is 0 Å². The Kier molecular flexibility index (Phi) is 3.02. The molecule has 5 heteroatoms. The van der Waals surface area contributed by atoms with Crippen molar-refractivity contribution < 1.29 is 19.7 Å². The number of phenols is 1. The molecule has 14 heavy (non-hydrogen) atoms. The lowest BCUT2D eigenvalue weighted by molar-refractivity contribution is 0.0524. The molecule has 1 aromatic rings. The van der Waals surface area contributed by atoms with Gasteiger partial charge in [0.05, 0.1) is 6.07 Å². The van der Waals surface area contributed by atoms with E-state index in [1.165, 1.54) is 6.07 Å². The van der Waals surface area contributed by atoms with Crippen LogP contribution in [0.5, 0.6) is 5.75 Å². The summed E-state index contributed by atoms with van der Waals surface area (Å²) < 4.78 is 12.7. The Balaban J connectivity index is 3.02. The highest BCUT2D eigenvalue weighted by molar-refractivity contribution is 5.30. The van der Waals surface area contributed by atoms with Crippen molar-refractivity contribution in [2.75, 3.05) is 0 Å². The van der Waals surface area contributed by atoms with E-state index in [1.54, 1.807) is 0 Å². The average Bonchev–Trinajstić information content (AvgIpc) is 2.14. The molecular weight excluding hydrogens is 189 g/mol. The van der Waals surface area contributed by atoms with Crippen LogP contribution in [0, 0.1) is 17.1 Å². The quantitative estimate of drug-likeness (QED) is 0.601. The Morgan fingerprint density at radius 3 is 2.43 bits per heavy atom. The first-order valence-corrected chi connectivity index (χ1v) is 3.80. The molecule has 1 rings (SSSR count). The second-order valence-corrected chi connectivity index (χ2v) is 2.76. The van der Waals surface area contributed by atoms with Gasteiger partial charge in [0.1, 0.15) is 17.7 Å². The summed E-state index contributed by atoms with van der Waals surface area (Å²) in [5.74, 6) is -1.12. The summed E-state index contributed by atoms with van der Waals surface area (Å²) in [7, 11) is 0. The van der Waals surface area contributed by atoms with Crippen molar-refractivity contribution in [2.24, 2.45) is 0 Å². The molecule has 0 fully saturated rings. The zero-order valence-corrected chi connectivity index (χ0v) is 7.05. The van der Waals surface area contributed by atoms with Crippen LogP contribution in [0.15, 0.2) is 18.2 Å². The largest absolute Gasteiger partial charge is 0.508 e. The number of hydrogen-bond acceptors (Lipinski definition) is 4. The third kappa shape index (κ3) is 2.19. The number of rotatable bonds is 2. The average molecular weight is 197 g/mol. The maximum Gasteiger partial charge on any atom is 0.170 e. The fourth-order valence-corrected chi connectivity index (χ4v) is 1.02. The van der Waals surface area contributed by atoms with E-state index in [2.05, 4.69) is 0 Å². The van der Waals surface area contributed by atoms with E-state index in [0.717, 1.165) is 18.2 Å². The minimum Gasteiger partial charge on any atom is -0.508 e. The van der Waals surface area contributed by atoms with Gasteiger partial charge >= 0.3 is 0 Å². The van der Waals surface area contributed by atoms with Crippen molar-refractivity contribution in [1.82, 2.24) is 0 Å².